The molecule has 0 radical (unpaired) electrons. The van der Waals surface area contributed by atoms with Gasteiger partial charge in [-0.2, -0.15) is 4.98 Å². The molecule has 0 saturated heterocycles. The van der Waals surface area contributed by atoms with Gasteiger partial charge in [0.15, 0.2) is 10.7 Å². The first-order valence-electron chi connectivity index (χ1n) is 13.6. The van der Waals surface area contributed by atoms with E-state index in [2.05, 4.69) is 4.98 Å². The minimum absolute atomic E-state index is 0.0284. The van der Waals surface area contributed by atoms with Crippen molar-refractivity contribution in [1.29, 1.82) is 0 Å². The summed E-state index contributed by atoms with van der Waals surface area (Å²) in [6.45, 7) is 7.24. The van der Waals surface area contributed by atoms with Gasteiger partial charge in [-0.25, -0.2) is 8.42 Å². The molecule has 0 fully saturated rings. The molecule has 0 amide bonds. The summed E-state index contributed by atoms with van der Waals surface area (Å²) in [4.78, 5) is 29.6. The topological polar surface area (TPSA) is 116 Å². The van der Waals surface area contributed by atoms with E-state index in [9.17, 15) is 23.1 Å². The van der Waals surface area contributed by atoms with Gasteiger partial charge in [-0.05, 0) is 49.1 Å². The predicted molar refractivity (Wildman–Crippen MR) is 157 cm³/mol. The van der Waals surface area contributed by atoms with E-state index in [0.29, 0.717) is 29.5 Å². The van der Waals surface area contributed by atoms with Gasteiger partial charge in [0, 0.05) is 12.0 Å². The molecule has 0 aliphatic carbocycles. The van der Waals surface area contributed by atoms with Gasteiger partial charge < -0.3 is 9.84 Å². The number of hydrogen-bond donors (Lipinski definition) is 1. The number of aromatic hydroxyl groups is 1. The smallest absolute Gasteiger partial charge is 0.277 e. The highest BCUT2D eigenvalue weighted by atomic mass is 32.2. The Morgan fingerprint density at radius 1 is 0.951 bits per heavy atom. The molecule has 0 spiro atoms. The molecular formula is C32H34N2O6S. The minimum Gasteiger partial charge on any atom is -0.492 e. The summed E-state index contributed by atoms with van der Waals surface area (Å²) in [6.07, 6.45) is 0.621. The zero-order chi connectivity index (χ0) is 29.7. The quantitative estimate of drug-likeness (QED) is 0.220. The monoisotopic (exact) mass is 574 g/mol. The molecular weight excluding hydrogens is 540 g/mol. The van der Waals surface area contributed by atoms with Gasteiger partial charge in [0.2, 0.25) is 15.7 Å². The molecule has 0 saturated carbocycles. The second kappa shape index (κ2) is 12.6. The number of benzene rings is 3. The summed E-state index contributed by atoms with van der Waals surface area (Å²) < 4.78 is 34.7. The maximum atomic E-state index is 14.0. The molecule has 3 aromatic carbocycles. The normalized spacial score (nSPS) is 12.4. The third-order valence-corrected chi connectivity index (χ3v) is 8.64. The second-order valence-corrected chi connectivity index (χ2v) is 11.8. The van der Waals surface area contributed by atoms with Gasteiger partial charge in [-0.3, -0.25) is 14.2 Å². The van der Waals surface area contributed by atoms with E-state index in [0.717, 1.165) is 5.56 Å². The number of ether oxygens (including phenoxy) is 1. The summed E-state index contributed by atoms with van der Waals surface area (Å²) in [6, 6.07) is 21.7. The zero-order valence-electron chi connectivity index (χ0n) is 23.6. The SMILES string of the molecule is CCC(=O)c1ccccc1-c1ccc(S(=O)(=O)c2c(O)nc(COC(C)C)n([C@@H](CC)c3ccccc3)c2=O)cc1. The van der Waals surface area contributed by atoms with E-state index in [-0.39, 0.29) is 29.2 Å². The fraction of sp³-hybridized carbons (Fsp3) is 0.281. The Hall–Kier alpha value is -4.08. The summed E-state index contributed by atoms with van der Waals surface area (Å²) in [5.41, 5.74) is 1.79. The second-order valence-electron chi connectivity index (χ2n) is 9.90. The van der Waals surface area contributed by atoms with Crippen LogP contribution in [-0.2, 0) is 21.2 Å². The van der Waals surface area contributed by atoms with Crippen LogP contribution >= 0.6 is 0 Å². The van der Waals surface area contributed by atoms with Crippen LogP contribution in [0.5, 0.6) is 5.88 Å². The van der Waals surface area contributed by atoms with Crippen molar-refractivity contribution in [3.05, 3.63) is 106 Å². The molecule has 0 aliphatic heterocycles. The molecule has 4 rings (SSSR count). The number of ketones is 1. The van der Waals surface area contributed by atoms with Crippen LogP contribution in [0.4, 0.5) is 0 Å². The van der Waals surface area contributed by atoms with Crippen LogP contribution in [0, 0.1) is 0 Å². The van der Waals surface area contributed by atoms with Crippen LogP contribution in [0.25, 0.3) is 11.1 Å². The Morgan fingerprint density at radius 2 is 1.59 bits per heavy atom. The van der Waals surface area contributed by atoms with Crippen LogP contribution in [-0.4, -0.2) is 35.0 Å². The molecule has 4 aromatic rings. The van der Waals surface area contributed by atoms with Crippen molar-refractivity contribution in [2.24, 2.45) is 0 Å². The van der Waals surface area contributed by atoms with Crippen molar-refractivity contribution >= 4 is 15.6 Å². The third-order valence-electron chi connectivity index (χ3n) is 6.85. The maximum Gasteiger partial charge on any atom is 0.277 e. The molecule has 9 heteroatoms. The minimum atomic E-state index is -4.48. The molecule has 1 N–H and O–H groups in total. The molecule has 1 atom stereocenters. The first-order valence-corrected chi connectivity index (χ1v) is 15.1. The molecule has 0 aliphatic rings. The van der Waals surface area contributed by atoms with E-state index in [1.165, 1.54) is 16.7 Å². The van der Waals surface area contributed by atoms with Gasteiger partial charge in [-0.15, -0.1) is 0 Å². The van der Waals surface area contributed by atoms with Gasteiger partial charge in [0.25, 0.3) is 5.56 Å². The lowest BCUT2D eigenvalue weighted by Crippen LogP contribution is -2.34. The lowest BCUT2D eigenvalue weighted by atomic mass is 9.96. The highest BCUT2D eigenvalue weighted by Gasteiger charge is 2.32. The van der Waals surface area contributed by atoms with Gasteiger partial charge in [0.05, 0.1) is 17.0 Å². The van der Waals surface area contributed by atoms with Gasteiger partial charge >= 0.3 is 0 Å². The molecule has 0 bridgehead atoms. The van der Waals surface area contributed by atoms with Crippen molar-refractivity contribution in [2.75, 3.05) is 0 Å². The highest BCUT2D eigenvalue weighted by Crippen LogP contribution is 2.31. The van der Waals surface area contributed by atoms with E-state index in [1.807, 2.05) is 51.1 Å². The number of rotatable bonds is 11. The van der Waals surface area contributed by atoms with E-state index >= 15 is 0 Å². The molecule has 1 heterocycles. The zero-order valence-corrected chi connectivity index (χ0v) is 24.4. The number of aromatic nitrogens is 2. The third kappa shape index (κ3) is 6.16. The highest BCUT2D eigenvalue weighted by molar-refractivity contribution is 7.91. The number of nitrogens with zero attached hydrogens (tertiary/aromatic N) is 2. The number of hydrogen-bond acceptors (Lipinski definition) is 7. The van der Waals surface area contributed by atoms with E-state index in [1.54, 1.807) is 43.3 Å². The van der Waals surface area contributed by atoms with Crippen LogP contribution < -0.4 is 5.56 Å². The average molecular weight is 575 g/mol. The van der Waals surface area contributed by atoms with Gasteiger partial charge in [0.1, 0.15) is 12.4 Å². The molecule has 1 aromatic heterocycles. The lowest BCUT2D eigenvalue weighted by Gasteiger charge is -2.23. The van der Waals surface area contributed by atoms with Crippen molar-refractivity contribution in [3.63, 3.8) is 0 Å². The Kier molecular flexibility index (Phi) is 9.20. The molecule has 41 heavy (non-hydrogen) atoms. The number of sulfone groups is 1. The average Bonchev–Trinajstić information content (AvgIpc) is 2.97. The summed E-state index contributed by atoms with van der Waals surface area (Å²) in [7, 11) is -4.48. The number of carbonyl (C=O) groups is 1. The lowest BCUT2D eigenvalue weighted by molar-refractivity contribution is 0.0573. The first kappa shape index (κ1) is 29.9. The Morgan fingerprint density at radius 3 is 2.20 bits per heavy atom. The first-order chi connectivity index (χ1) is 19.6. The Labute approximate surface area is 240 Å². The standard InChI is InChI=1S/C32H34N2O6S/c1-5-27(23-12-8-7-9-13-23)34-29(20-40-21(3)4)33-31(36)30(32(34)37)41(38,39)24-18-16-22(17-19-24)25-14-10-11-15-26(25)28(35)6-2/h7-19,21,27,36H,5-6,20H2,1-4H3/t27-/m0/s1. The summed E-state index contributed by atoms with van der Waals surface area (Å²) in [5, 5.41) is 10.8. The van der Waals surface area contributed by atoms with Crippen LogP contribution in [0.2, 0.25) is 0 Å². The summed E-state index contributed by atoms with van der Waals surface area (Å²) in [5.74, 6) is -0.776. The van der Waals surface area contributed by atoms with Crippen molar-refractivity contribution in [1.82, 2.24) is 9.55 Å². The number of Topliss-reactive ketones (excluding diaryl/α,β-unsaturated/α-hetero) is 1. The Balaban J connectivity index is 1.85. The predicted octanol–water partition coefficient (Wildman–Crippen LogP) is 5.97. The fourth-order valence-corrected chi connectivity index (χ4v) is 6.14. The van der Waals surface area contributed by atoms with Gasteiger partial charge in [-0.1, -0.05) is 80.6 Å². The van der Waals surface area contributed by atoms with Crippen molar-refractivity contribution in [3.8, 4) is 17.0 Å². The molecule has 8 nitrogen and oxygen atoms in total. The summed E-state index contributed by atoms with van der Waals surface area (Å²) >= 11 is 0. The van der Waals surface area contributed by atoms with E-state index in [4.69, 9.17) is 4.74 Å². The van der Waals surface area contributed by atoms with Crippen LogP contribution in [0.15, 0.2) is 93.4 Å². The maximum absolute atomic E-state index is 14.0. The van der Waals surface area contributed by atoms with Crippen molar-refractivity contribution < 1.29 is 23.1 Å². The Bertz CT molecular complexity index is 1690. The molecule has 0 unspecified atom stereocenters. The fourth-order valence-electron chi connectivity index (χ4n) is 4.79. The van der Waals surface area contributed by atoms with Crippen LogP contribution in [0.3, 0.4) is 0 Å². The van der Waals surface area contributed by atoms with Crippen molar-refractivity contribution in [2.45, 2.75) is 69.1 Å². The largest absolute Gasteiger partial charge is 0.492 e. The number of carbonyl (C=O) groups excluding carboxylic acids is 1. The van der Waals surface area contributed by atoms with E-state index < -0.39 is 32.2 Å². The molecule has 214 valence electrons. The van der Waals surface area contributed by atoms with Crippen LogP contribution in [0.1, 0.15) is 68.3 Å².